The van der Waals surface area contributed by atoms with Gasteiger partial charge in [0.05, 0.1) is 31.4 Å². The molecule has 3 heterocycles. The lowest BCUT2D eigenvalue weighted by Crippen LogP contribution is -3.23. The lowest BCUT2D eigenvalue weighted by atomic mass is 9.87. The number of nitrogens with two attached hydrogens (primary N) is 1. The maximum absolute atomic E-state index is 14.5. The smallest absolute Gasteiger partial charge is 0.341 e. The van der Waals surface area contributed by atoms with Crippen molar-refractivity contribution in [3.8, 4) is 28.4 Å². The van der Waals surface area contributed by atoms with Gasteiger partial charge in [-0.3, -0.25) is 4.90 Å². The Morgan fingerprint density at radius 3 is 2.27 bits per heavy atom. The third-order valence-corrected chi connectivity index (χ3v) is 8.15. The molecule has 1 atom stereocenters. The van der Waals surface area contributed by atoms with Gasteiger partial charge in [0, 0.05) is 36.1 Å². The summed E-state index contributed by atoms with van der Waals surface area (Å²) in [4.78, 5) is 15.4. The van der Waals surface area contributed by atoms with Gasteiger partial charge in [-0.25, -0.2) is 4.79 Å². The van der Waals surface area contributed by atoms with E-state index in [1.165, 1.54) is 0 Å². The van der Waals surface area contributed by atoms with E-state index in [9.17, 15) is 4.79 Å². The number of halogens is 1. The Morgan fingerprint density at radius 2 is 1.52 bits per heavy atom. The first-order chi connectivity index (χ1) is 18.9. The third-order valence-electron chi connectivity index (χ3n) is 8.15. The van der Waals surface area contributed by atoms with E-state index in [1.54, 1.807) is 0 Å². The predicted molar refractivity (Wildman–Crippen MR) is 150 cm³/mol. The fourth-order valence-corrected chi connectivity index (χ4v) is 5.95. The zero-order valence-corrected chi connectivity index (χ0v) is 25.0. The first-order valence-electron chi connectivity index (χ1n) is 13.6. The molecule has 40 heavy (non-hydrogen) atoms. The molecule has 3 aromatic rings. The molecule has 1 saturated heterocycles. The second-order valence-corrected chi connectivity index (χ2v) is 11.0. The number of benzene rings is 3. The van der Waals surface area contributed by atoms with E-state index in [2.05, 4.69) is 19.9 Å². The van der Waals surface area contributed by atoms with Gasteiger partial charge in [0.15, 0.2) is 11.5 Å². The van der Waals surface area contributed by atoms with E-state index in [1.807, 2.05) is 60.7 Å². The molecule has 0 aliphatic carbocycles. The van der Waals surface area contributed by atoms with Crippen LogP contribution in [0.2, 0.25) is 0 Å². The minimum absolute atomic E-state index is 0. The summed E-state index contributed by atoms with van der Waals surface area (Å²) in [7, 11) is 0. The molecule has 1 fully saturated rings. The van der Waals surface area contributed by atoms with Crippen LogP contribution in [0.1, 0.15) is 44.2 Å². The van der Waals surface area contributed by atoms with Crippen molar-refractivity contribution in [2.45, 2.75) is 44.7 Å². The highest BCUT2D eigenvalue weighted by molar-refractivity contribution is 5.93. The molecule has 3 aliphatic heterocycles. The first-order valence-corrected chi connectivity index (χ1v) is 13.6. The van der Waals surface area contributed by atoms with Crippen molar-refractivity contribution in [1.29, 1.82) is 0 Å². The van der Waals surface area contributed by atoms with Crippen LogP contribution in [0.25, 0.3) is 17.2 Å². The molecule has 0 spiro atoms. The summed E-state index contributed by atoms with van der Waals surface area (Å²) in [5, 5.41) is 0. The number of carbonyl (C=O) groups excluding carboxylic acids is 1. The maximum Gasteiger partial charge on any atom is 0.341 e. The molecule has 7 nitrogen and oxygen atoms in total. The van der Waals surface area contributed by atoms with Gasteiger partial charge in [-0.1, -0.05) is 24.3 Å². The fraction of sp³-hybridized carbons (Fsp3) is 0.344. The van der Waals surface area contributed by atoms with Crippen LogP contribution >= 0.6 is 0 Å². The predicted octanol–water partition coefficient (Wildman–Crippen LogP) is 1.36. The lowest BCUT2D eigenvalue weighted by Gasteiger charge is -2.40. The quantitative estimate of drug-likeness (QED) is 0.320. The van der Waals surface area contributed by atoms with Gasteiger partial charge in [-0.2, -0.15) is 0 Å². The second kappa shape index (κ2) is 11.8. The van der Waals surface area contributed by atoms with E-state index < -0.39 is 5.54 Å². The van der Waals surface area contributed by atoms with E-state index in [-0.39, 0.29) is 42.7 Å². The molecule has 3 N–H and O–H groups in total. The highest BCUT2D eigenvalue weighted by Crippen LogP contribution is 2.38. The van der Waals surface area contributed by atoms with Gasteiger partial charge < -0.3 is 48.7 Å². The van der Waals surface area contributed by atoms with Gasteiger partial charge in [0.1, 0.15) is 11.3 Å². The molecule has 8 heteroatoms. The molecule has 6 rings (SSSR count). The van der Waals surface area contributed by atoms with Crippen LogP contribution in [0.15, 0.2) is 66.2 Å². The zero-order chi connectivity index (χ0) is 27.0. The molecule has 0 bridgehead atoms. The van der Waals surface area contributed by atoms with Crippen LogP contribution in [0.3, 0.4) is 0 Å². The van der Waals surface area contributed by atoms with Crippen molar-refractivity contribution in [3.63, 3.8) is 0 Å². The Morgan fingerprint density at radius 1 is 0.850 bits per heavy atom. The number of nitrogen functional groups attached to an aromatic ring is 1. The molecule has 0 saturated carbocycles. The summed E-state index contributed by atoms with van der Waals surface area (Å²) in [6.45, 7) is 6.34. The van der Waals surface area contributed by atoms with Crippen LogP contribution in [0.4, 0.5) is 5.69 Å². The van der Waals surface area contributed by atoms with Crippen LogP contribution < -0.4 is 48.8 Å². The number of quaternary nitrogens is 1. The van der Waals surface area contributed by atoms with Crippen LogP contribution in [-0.2, 0) is 15.1 Å². The van der Waals surface area contributed by atoms with Crippen molar-refractivity contribution < 1.29 is 52.6 Å². The second-order valence-electron chi connectivity index (χ2n) is 11.0. The van der Waals surface area contributed by atoms with E-state index in [0.717, 1.165) is 62.8 Å². The molecule has 210 valence electrons. The van der Waals surface area contributed by atoms with Crippen LogP contribution in [0.5, 0.6) is 17.2 Å². The number of rotatable bonds is 5. The Balaban J connectivity index is 0.00000323. The number of hydrogen-bond donors (Lipinski definition) is 2. The highest BCUT2D eigenvalue weighted by atomic mass is 127. The number of hydrogen-bond acceptors (Lipinski definition) is 6. The highest BCUT2D eigenvalue weighted by Gasteiger charge is 2.45. The molecular formula is C32H35IN2O5. The topological polar surface area (TPSA) is 84.5 Å². The summed E-state index contributed by atoms with van der Waals surface area (Å²) in [5.74, 6) is 2.40. The molecule has 0 aromatic heterocycles. The molecular weight excluding hydrogens is 619 g/mol. The van der Waals surface area contributed by atoms with Crippen molar-refractivity contribution in [3.05, 3.63) is 77.4 Å². The normalized spacial score (nSPS) is 17.5. The molecule has 1 unspecified atom stereocenters. The average Bonchev–Trinajstić information content (AvgIpc) is 3.31. The number of nitrogens with one attached hydrogen (secondary N) is 1. The van der Waals surface area contributed by atoms with Crippen LogP contribution in [0, 0.1) is 0 Å². The minimum atomic E-state index is -0.460. The number of carbonyl (C=O) groups is 1. The zero-order valence-electron chi connectivity index (χ0n) is 22.9. The SMILES string of the molecule is CC(C)(c1ccc(N)cc1)[NH+](C(=O)C1=Cc2cc(-c3ccc4c(c3)OCO4)ccc2OCC1)C1CCOCC1.[I-]. The van der Waals surface area contributed by atoms with E-state index in [4.69, 9.17) is 24.7 Å². The number of anilines is 1. The summed E-state index contributed by atoms with van der Waals surface area (Å²) in [6.07, 6.45) is 4.26. The Hall–Kier alpha value is -3.08. The summed E-state index contributed by atoms with van der Waals surface area (Å²) in [5.41, 5.74) is 11.1. The van der Waals surface area contributed by atoms with Gasteiger partial charge in [-0.05, 0) is 67.4 Å². The largest absolute Gasteiger partial charge is 1.00 e. The summed E-state index contributed by atoms with van der Waals surface area (Å²) >= 11 is 0. The minimum Gasteiger partial charge on any atom is -1.00 e. The van der Waals surface area contributed by atoms with Crippen molar-refractivity contribution in [1.82, 2.24) is 0 Å². The number of fused-ring (bicyclic) bond motifs is 2. The van der Waals surface area contributed by atoms with Crippen LogP contribution in [-0.4, -0.2) is 38.6 Å². The summed E-state index contributed by atoms with van der Waals surface area (Å²) < 4.78 is 22.8. The van der Waals surface area contributed by atoms with Gasteiger partial charge in [-0.15, -0.1) is 0 Å². The van der Waals surface area contributed by atoms with E-state index >= 15 is 0 Å². The van der Waals surface area contributed by atoms with Crippen molar-refractivity contribution in [2.24, 2.45) is 0 Å². The molecule has 1 amide bonds. The monoisotopic (exact) mass is 654 g/mol. The van der Waals surface area contributed by atoms with Crippen molar-refractivity contribution >= 4 is 17.7 Å². The Bertz CT molecular complexity index is 1410. The van der Waals surface area contributed by atoms with Gasteiger partial charge in [0.25, 0.3) is 0 Å². The standard InChI is InChI=1S/C32H34N2O5.HI/c1-32(2,25-5-7-26(33)8-6-25)34(27-12-14-36-15-13-27)31(35)23-11-16-37-28-9-3-21(17-24(28)18-23)22-4-10-29-30(19-22)39-20-38-29;/h3-10,17-19,27H,11-16,20,33H2,1-2H3;1H. The maximum atomic E-state index is 14.5. The Labute approximate surface area is 252 Å². The molecule has 3 aromatic carbocycles. The molecule has 0 radical (unpaired) electrons. The Kier molecular flexibility index (Phi) is 8.39. The number of ether oxygens (including phenoxy) is 4. The molecule has 3 aliphatic rings. The first kappa shape index (κ1) is 28.4. The third kappa shape index (κ3) is 5.57. The van der Waals surface area contributed by atoms with Gasteiger partial charge >= 0.3 is 5.91 Å². The number of amides is 1. The average molecular weight is 655 g/mol. The van der Waals surface area contributed by atoms with Gasteiger partial charge in [0.2, 0.25) is 6.79 Å². The van der Waals surface area contributed by atoms with Crippen molar-refractivity contribution in [2.75, 3.05) is 32.3 Å². The van der Waals surface area contributed by atoms with E-state index in [0.29, 0.717) is 31.9 Å². The lowest BCUT2D eigenvalue weighted by molar-refractivity contribution is -0.907. The summed E-state index contributed by atoms with van der Waals surface area (Å²) in [6, 6.07) is 20.1. The fourth-order valence-electron chi connectivity index (χ4n) is 5.95.